The van der Waals surface area contributed by atoms with Crippen molar-refractivity contribution in [1.29, 1.82) is 0 Å². The van der Waals surface area contributed by atoms with E-state index < -0.39 is 6.09 Å². The Morgan fingerprint density at radius 2 is 2.08 bits per heavy atom. The second-order valence-electron chi connectivity index (χ2n) is 6.80. The number of hydrogen-bond acceptors (Lipinski definition) is 4. The first-order chi connectivity index (χ1) is 12.6. The Balaban J connectivity index is 2.03. The summed E-state index contributed by atoms with van der Waals surface area (Å²) < 4.78 is 5.09. The number of rotatable bonds is 9. The lowest BCUT2D eigenvalue weighted by molar-refractivity contribution is -0.124. The van der Waals surface area contributed by atoms with Gasteiger partial charge in [-0.05, 0) is 36.3 Å². The van der Waals surface area contributed by atoms with E-state index in [2.05, 4.69) is 6.92 Å². The van der Waals surface area contributed by atoms with Crippen molar-refractivity contribution in [2.24, 2.45) is 11.8 Å². The van der Waals surface area contributed by atoms with Crippen LogP contribution in [0.4, 0.5) is 4.79 Å². The molecule has 2 amide bonds. The Morgan fingerprint density at radius 1 is 1.35 bits per heavy atom. The van der Waals surface area contributed by atoms with Crippen LogP contribution in [0, 0.1) is 11.8 Å². The standard InChI is InChI=1S/C21H27NO4/c1-3-7-18(12-13-23)16(2)10-11-20(24)22-19(15-26-21(22)25)14-17-8-5-4-6-9-17/h4-6,8-11,13,16,18-19H,3,7,12,14-15H2,1-2H3/b11-10+/t16-,18-,19+/m1/s1. The highest BCUT2D eigenvalue weighted by molar-refractivity contribution is 5.99. The van der Waals surface area contributed by atoms with Crippen LogP contribution in [0.15, 0.2) is 42.5 Å². The molecule has 0 unspecified atom stereocenters. The number of cyclic esters (lactones) is 1. The van der Waals surface area contributed by atoms with E-state index in [4.69, 9.17) is 4.74 Å². The van der Waals surface area contributed by atoms with Gasteiger partial charge >= 0.3 is 6.09 Å². The molecule has 1 fully saturated rings. The van der Waals surface area contributed by atoms with E-state index in [0.717, 1.165) is 24.7 Å². The Hall–Kier alpha value is -2.43. The summed E-state index contributed by atoms with van der Waals surface area (Å²) in [6.07, 6.45) is 6.57. The van der Waals surface area contributed by atoms with Gasteiger partial charge in [0.1, 0.15) is 12.9 Å². The number of hydrogen-bond donors (Lipinski definition) is 0. The Labute approximate surface area is 155 Å². The molecular formula is C21H27NO4. The number of benzene rings is 1. The van der Waals surface area contributed by atoms with E-state index in [9.17, 15) is 14.4 Å². The molecule has 26 heavy (non-hydrogen) atoms. The molecule has 3 atom stereocenters. The van der Waals surface area contributed by atoms with Crippen LogP contribution < -0.4 is 0 Å². The third-order valence-electron chi connectivity index (χ3n) is 4.86. The van der Waals surface area contributed by atoms with Crippen LogP contribution in [0.3, 0.4) is 0 Å². The van der Waals surface area contributed by atoms with Crippen molar-refractivity contribution in [3.63, 3.8) is 0 Å². The molecule has 1 aromatic carbocycles. The van der Waals surface area contributed by atoms with Crippen molar-refractivity contribution in [1.82, 2.24) is 4.90 Å². The number of carbonyl (C=O) groups excluding carboxylic acids is 3. The molecule has 140 valence electrons. The molecular weight excluding hydrogens is 330 g/mol. The summed E-state index contributed by atoms with van der Waals surface area (Å²) in [5.74, 6) is -0.0517. The van der Waals surface area contributed by atoms with Gasteiger partial charge in [0.05, 0.1) is 6.04 Å². The van der Waals surface area contributed by atoms with E-state index in [1.807, 2.05) is 37.3 Å². The van der Waals surface area contributed by atoms with E-state index in [1.165, 1.54) is 11.0 Å². The van der Waals surface area contributed by atoms with Gasteiger partial charge < -0.3 is 9.53 Å². The molecule has 0 saturated carbocycles. The number of imide groups is 1. The molecule has 5 heteroatoms. The smallest absolute Gasteiger partial charge is 0.417 e. The van der Waals surface area contributed by atoms with Gasteiger partial charge in [-0.25, -0.2) is 9.69 Å². The molecule has 1 saturated heterocycles. The van der Waals surface area contributed by atoms with Gasteiger partial charge in [-0.1, -0.05) is 56.7 Å². The van der Waals surface area contributed by atoms with Crippen molar-refractivity contribution >= 4 is 18.3 Å². The lowest BCUT2D eigenvalue weighted by Crippen LogP contribution is -2.39. The summed E-state index contributed by atoms with van der Waals surface area (Å²) in [5, 5.41) is 0. The fourth-order valence-electron chi connectivity index (χ4n) is 3.33. The summed E-state index contributed by atoms with van der Waals surface area (Å²) in [5.41, 5.74) is 1.06. The fourth-order valence-corrected chi connectivity index (χ4v) is 3.33. The van der Waals surface area contributed by atoms with Crippen LogP contribution >= 0.6 is 0 Å². The summed E-state index contributed by atoms with van der Waals surface area (Å²) in [7, 11) is 0. The van der Waals surface area contributed by atoms with E-state index in [0.29, 0.717) is 12.8 Å². The maximum absolute atomic E-state index is 12.6. The molecule has 0 radical (unpaired) electrons. The van der Waals surface area contributed by atoms with Crippen LogP contribution in [0.5, 0.6) is 0 Å². The van der Waals surface area contributed by atoms with Crippen molar-refractivity contribution in [2.45, 2.75) is 45.6 Å². The first-order valence-corrected chi connectivity index (χ1v) is 9.22. The average Bonchev–Trinajstić information content (AvgIpc) is 3.00. The summed E-state index contributed by atoms with van der Waals surface area (Å²) in [4.78, 5) is 36.6. The zero-order valence-corrected chi connectivity index (χ0v) is 15.5. The average molecular weight is 357 g/mol. The van der Waals surface area contributed by atoms with Gasteiger partial charge in [0.2, 0.25) is 0 Å². The summed E-state index contributed by atoms with van der Waals surface area (Å²) in [6, 6.07) is 9.44. The highest BCUT2D eigenvalue weighted by Crippen LogP contribution is 2.23. The van der Waals surface area contributed by atoms with Gasteiger partial charge in [0.25, 0.3) is 5.91 Å². The van der Waals surface area contributed by atoms with Crippen LogP contribution in [0.2, 0.25) is 0 Å². The Kier molecular flexibility index (Phi) is 7.57. The second-order valence-corrected chi connectivity index (χ2v) is 6.80. The van der Waals surface area contributed by atoms with E-state index in [-0.39, 0.29) is 30.4 Å². The number of aldehydes is 1. The number of nitrogens with zero attached hydrogens (tertiary/aromatic N) is 1. The number of ether oxygens (including phenoxy) is 1. The topological polar surface area (TPSA) is 63.7 Å². The lowest BCUT2D eigenvalue weighted by atomic mass is 9.87. The predicted octanol–water partition coefficient (Wildman–Crippen LogP) is 3.77. The molecule has 1 aliphatic rings. The van der Waals surface area contributed by atoms with Crippen LogP contribution in [-0.4, -0.2) is 35.8 Å². The summed E-state index contributed by atoms with van der Waals surface area (Å²) in [6.45, 7) is 4.29. The van der Waals surface area contributed by atoms with Gasteiger partial charge in [0, 0.05) is 6.42 Å². The maximum Gasteiger partial charge on any atom is 0.417 e. The monoisotopic (exact) mass is 357 g/mol. The number of amides is 2. The van der Waals surface area contributed by atoms with Gasteiger partial charge in [-0.3, -0.25) is 4.79 Å². The van der Waals surface area contributed by atoms with Crippen molar-refractivity contribution in [3.05, 3.63) is 48.0 Å². The molecule has 2 rings (SSSR count). The zero-order valence-electron chi connectivity index (χ0n) is 15.5. The molecule has 0 spiro atoms. The quantitative estimate of drug-likeness (QED) is 0.498. The molecule has 0 aromatic heterocycles. The van der Waals surface area contributed by atoms with Crippen LogP contribution in [-0.2, 0) is 20.7 Å². The minimum Gasteiger partial charge on any atom is -0.447 e. The van der Waals surface area contributed by atoms with Crippen molar-refractivity contribution in [2.75, 3.05) is 6.61 Å². The third-order valence-corrected chi connectivity index (χ3v) is 4.86. The first kappa shape index (κ1) is 19.9. The van der Waals surface area contributed by atoms with Crippen LogP contribution in [0.1, 0.15) is 38.7 Å². The highest BCUT2D eigenvalue weighted by Gasteiger charge is 2.36. The van der Waals surface area contributed by atoms with Crippen LogP contribution in [0.25, 0.3) is 0 Å². The number of carbonyl (C=O) groups is 3. The zero-order chi connectivity index (χ0) is 18.9. The third kappa shape index (κ3) is 5.28. The molecule has 1 aromatic rings. The predicted molar refractivity (Wildman–Crippen MR) is 99.5 cm³/mol. The van der Waals surface area contributed by atoms with E-state index >= 15 is 0 Å². The van der Waals surface area contributed by atoms with Gasteiger partial charge in [0.15, 0.2) is 0 Å². The SMILES string of the molecule is CCC[C@H](CC=O)[C@H](C)/C=C/C(=O)N1C(=O)OC[C@@H]1Cc1ccccc1. The largest absolute Gasteiger partial charge is 0.447 e. The molecule has 1 heterocycles. The fraction of sp³-hybridized carbons (Fsp3) is 0.476. The molecule has 0 aliphatic carbocycles. The van der Waals surface area contributed by atoms with Gasteiger partial charge in [-0.15, -0.1) is 0 Å². The number of allylic oxidation sites excluding steroid dienone is 1. The van der Waals surface area contributed by atoms with Crippen molar-refractivity contribution in [3.8, 4) is 0 Å². The van der Waals surface area contributed by atoms with Gasteiger partial charge in [-0.2, -0.15) is 0 Å². The molecule has 1 aliphatic heterocycles. The molecule has 0 N–H and O–H groups in total. The molecule has 0 bridgehead atoms. The highest BCUT2D eigenvalue weighted by atomic mass is 16.6. The second kappa shape index (κ2) is 9.90. The van der Waals surface area contributed by atoms with Crippen molar-refractivity contribution < 1.29 is 19.1 Å². The minimum absolute atomic E-state index is 0.0929. The molecule has 5 nitrogen and oxygen atoms in total. The summed E-state index contributed by atoms with van der Waals surface area (Å²) >= 11 is 0. The Morgan fingerprint density at radius 3 is 2.73 bits per heavy atom. The minimum atomic E-state index is -0.591. The Bertz CT molecular complexity index is 641. The maximum atomic E-state index is 12.6. The first-order valence-electron chi connectivity index (χ1n) is 9.22. The van der Waals surface area contributed by atoms with E-state index in [1.54, 1.807) is 6.08 Å². The lowest BCUT2D eigenvalue weighted by Gasteiger charge is -2.20. The normalized spacial score (nSPS) is 19.4.